The zero-order chi connectivity index (χ0) is 83.4. The minimum atomic E-state index is -4.97. The lowest BCUT2D eigenvalue weighted by Gasteiger charge is -2.21. The van der Waals surface area contributed by atoms with Crippen LogP contribution in [-0.2, 0) is 65.4 Å². The fourth-order valence-electron chi connectivity index (χ4n) is 14.9. The molecule has 0 aliphatic carbocycles. The largest absolute Gasteiger partial charge is 0.472 e. The van der Waals surface area contributed by atoms with Gasteiger partial charge in [0.05, 0.1) is 26.4 Å². The smallest absolute Gasteiger partial charge is 0.462 e. The molecule has 0 saturated carbocycles. The van der Waals surface area contributed by atoms with Crippen molar-refractivity contribution in [1.82, 2.24) is 0 Å². The van der Waals surface area contributed by atoms with E-state index in [1.807, 2.05) is 0 Å². The molecule has 17 nitrogen and oxygen atoms in total. The second-order valence-electron chi connectivity index (χ2n) is 34.6. The topological polar surface area (TPSA) is 237 Å². The summed E-state index contributed by atoms with van der Waals surface area (Å²) in [5.41, 5.74) is 0. The maximum Gasteiger partial charge on any atom is 0.472 e. The second-order valence-corrected chi connectivity index (χ2v) is 37.5. The summed E-state index contributed by atoms with van der Waals surface area (Å²) in [6.07, 6.45) is 82.0. The molecule has 0 radical (unpaired) electrons. The van der Waals surface area contributed by atoms with Crippen molar-refractivity contribution >= 4 is 39.5 Å². The molecule has 0 spiro atoms. The van der Waals surface area contributed by atoms with Crippen molar-refractivity contribution in [1.29, 1.82) is 0 Å². The van der Waals surface area contributed by atoms with Crippen molar-refractivity contribution in [3.8, 4) is 0 Å². The molecule has 0 fully saturated rings. The SMILES string of the molecule is CCCCCCCCCCCCCCCCCCCCCCC(=O)O[C@H](COC(=O)CCCCCCCCCCCC)COP(=O)(O)OC[C@H](O)COP(=O)(O)OC[C@@H](COC(=O)CCCCCCCCCCCCCCCCCCCCC(C)CC)OC(=O)CCCCCCCCCCCCCCCCCCCCC(C)CC. The van der Waals surface area contributed by atoms with E-state index in [0.29, 0.717) is 25.7 Å². The molecule has 0 rings (SSSR count). The van der Waals surface area contributed by atoms with E-state index in [4.69, 9.17) is 37.0 Å². The fraction of sp³-hybridized carbons (Fsp3) is 0.958. The first kappa shape index (κ1) is 112. The predicted molar refractivity (Wildman–Crippen MR) is 474 cm³/mol. The number of phosphoric ester groups is 2. The van der Waals surface area contributed by atoms with E-state index in [1.54, 1.807) is 0 Å². The zero-order valence-corrected chi connectivity index (χ0v) is 77.2. The molecular formula is C95H186O17P2. The van der Waals surface area contributed by atoms with Gasteiger partial charge in [-0.3, -0.25) is 37.3 Å². The molecule has 0 aliphatic heterocycles. The third kappa shape index (κ3) is 85.1. The van der Waals surface area contributed by atoms with Gasteiger partial charge in [0.25, 0.3) is 0 Å². The van der Waals surface area contributed by atoms with Crippen molar-refractivity contribution in [2.45, 2.75) is 535 Å². The number of unbranched alkanes of at least 4 members (excludes halogenated alkanes) is 62. The van der Waals surface area contributed by atoms with E-state index >= 15 is 0 Å². The number of ether oxygens (including phenoxy) is 4. The Hall–Kier alpha value is -1.94. The van der Waals surface area contributed by atoms with E-state index in [1.165, 1.54) is 334 Å². The summed E-state index contributed by atoms with van der Waals surface area (Å²) in [6, 6.07) is 0. The van der Waals surface area contributed by atoms with Gasteiger partial charge in [-0.05, 0) is 37.5 Å². The third-order valence-electron chi connectivity index (χ3n) is 23.2. The lowest BCUT2D eigenvalue weighted by Crippen LogP contribution is -2.30. The molecule has 3 N–H and O–H groups in total. The fourth-order valence-corrected chi connectivity index (χ4v) is 16.5. The van der Waals surface area contributed by atoms with Crippen LogP contribution in [0.5, 0.6) is 0 Å². The van der Waals surface area contributed by atoms with Gasteiger partial charge >= 0.3 is 39.5 Å². The van der Waals surface area contributed by atoms with Gasteiger partial charge in [-0.2, -0.15) is 0 Å². The van der Waals surface area contributed by atoms with E-state index in [-0.39, 0.29) is 25.7 Å². The molecule has 0 aromatic carbocycles. The summed E-state index contributed by atoms with van der Waals surface area (Å²) < 4.78 is 69.1. The van der Waals surface area contributed by atoms with Gasteiger partial charge < -0.3 is 33.8 Å². The third-order valence-corrected chi connectivity index (χ3v) is 25.1. The number of hydrogen-bond donors (Lipinski definition) is 3. The number of rotatable bonds is 94. The number of carbonyl (C=O) groups is 4. The summed E-state index contributed by atoms with van der Waals surface area (Å²) in [7, 11) is -9.94. The van der Waals surface area contributed by atoms with Gasteiger partial charge in [-0.1, -0.05) is 465 Å². The number of phosphoric acid groups is 2. The molecular weight excluding hydrogens is 1470 g/mol. The molecule has 114 heavy (non-hydrogen) atoms. The summed E-state index contributed by atoms with van der Waals surface area (Å²) in [5, 5.41) is 10.7. The maximum absolute atomic E-state index is 13.2. The Balaban J connectivity index is 5.20. The Labute approximate surface area is 702 Å². The van der Waals surface area contributed by atoms with Gasteiger partial charge in [0, 0.05) is 25.7 Å². The minimum Gasteiger partial charge on any atom is -0.462 e. The summed E-state index contributed by atoms with van der Waals surface area (Å²) in [4.78, 5) is 73.5. The van der Waals surface area contributed by atoms with Crippen LogP contribution in [0, 0.1) is 11.8 Å². The minimum absolute atomic E-state index is 0.109. The summed E-state index contributed by atoms with van der Waals surface area (Å²) in [6.45, 7) is 9.85. The van der Waals surface area contributed by atoms with Crippen molar-refractivity contribution in [2.75, 3.05) is 39.6 Å². The average molecular weight is 1660 g/mol. The van der Waals surface area contributed by atoms with Gasteiger partial charge in [0.1, 0.15) is 19.3 Å². The number of hydrogen-bond acceptors (Lipinski definition) is 15. The van der Waals surface area contributed by atoms with Crippen LogP contribution in [0.3, 0.4) is 0 Å². The molecule has 0 bridgehead atoms. The molecule has 4 unspecified atom stereocenters. The standard InChI is InChI=1S/C95H186O17P2/c1-7-11-13-15-17-19-21-22-23-24-25-26-34-39-44-49-55-61-67-73-79-94(99)111-90(83-105-92(97)77-71-65-59-53-20-18-16-14-12-8-2)85-109-113(101,102)107-81-89(96)82-108-114(103,104)110-86-91(112-95(100)80-74-68-62-56-50-45-40-35-30-28-32-37-42-47-52-58-64-70-76-88(6)10-4)84-106-93(98)78-72-66-60-54-48-43-38-33-29-27-31-36-41-46-51-57-63-69-75-87(5)9-3/h87-91,96H,7-86H2,1-6H3,(H,101,102)(H,103,104)/t87?,88?,89-,90+,91+/m0/s1. The van der Waals surface area contributed by atoms with Gasteiger partial charge in [0.15, 0.2) is 12.2 Å². The van der Waals surface area contributed by atoms with Gasteiger partial charge in [-0.25, -0.2) is 9.13 Å². The Morgan fingerprint density at radius 3 is 0.623 bits per heavy atom. The molecule has 0 aromatic rings. The van der Waals surface area contributed by atoms with Crippen LogP contribution in [0.25, 0.3) is 0 Å². The number of esters is 4. The molecule has 19 heteroatoms. The highest BCUT2D eigenvalue weighted by atomic mass is 31.2. The molecule has 7 atom stereocenters. The van der Waals surface area contributed by atoms with Crippen LogP contribution in [-0.4, -0.2) is 96.7 Å². The normalized spacial score (nSPS) is 14.1. The number of carbonyl (C=O) groups excluding carboxylic acids is 4. The first-order valence-corrected chi connectivity index (χ1v) is 52.1. The molecule has 0 aliphatic rings. The van der Waals surface area contributed by atoms with Crippen molar-refractivity contribution in [3.63, 3.8) is 0 Å². The average Bonchev–Trinajstić information content (AvgIpc) is 0.900. The van der Waals surface area contributed by atoms with Crippen LogP contribution >= 0.6 is 15.6 Å². The quantitative estimate of drug-likeness (QED) is 0.0222. The second kappa shape index (κ2) is 86.0. The van der Waals surface area contributed by atoms with E-state index in [2.05, 4.69) is 41.5 Å². The first-order chi connectivity index (χ1) is 55.4. The molecule has 678 valence electrons. The van der Waals surface area contributed by atoms with E-state index in [9.17, 15) is 43.2 Å². The zero-order valence-electron chi connectivity index (χ0n) is 75.4. The van der Waals surface area contributed by atoms with Gasteiger partial charge in [0.2, 0.25) is 0 Å². The Kier molecular flexibility index (Phi) is 84.6. The number of aliphatic hydroxyl groups excluding tert-OH is 1. The highest BCUT2D eigenvalue weighted by molar-refractivity contribution is 7.47. The van der Waals surface area contributed by atoms with Crippen LogP contribution in [0.2, 0.25) is 0 Å². The van der Waals surface area contributed by atoms with E-state index in [0.717, 1.165) is 102 Å². The summed E-state index contributed by atoms with van der Waals surface area (Å²) >= 11 is 0. The van der Waals surface area contributed by atoms with E-state index < -0.39 is 97.5 Å². The van der Waals surface area contributed by atoms with Crippen molar-refractivity contribution in [2.24, 2.45) is 11.8 Å². The van der Waals surface area contributed by atoms with Gasteiger partial charge in [-0.15, -0.1) is 0 Å². The predicted octanol–water partition coefficient (Wildman–Crippen LogP) is 29.7. The number of aliphatic hydroxyl groups is 1. The van der Waals surface area contributed by atoms with Crippen molar-refractivity contribution in [3.05, 3.63) is 0 Å². The van der Waals surface area contributed by atoms with Crippen LogP contribution < -0.4 is 0 Å². The lowest BCUT2D eigenvalue weighted by molar-refractivity contribution is -0.161. The van der Waals surface area contributed by atoms with Crippen LogP contribution in [0.4, 0.5) is 0 Å². The van der Waals surface area contributed by atoms with Crippen LogP contribution in [0.15, 0.2) is 0 Å². The first-order valence-electron chi connectivity index (χ1n) is 49.1. The Morgan fingerprint density at radius 2 is 0.421 bits per heavy atom. The lowest BCUT2D eigenvalue weighted by atomic mass is 9.99. The molecule has 0 amide bonds. The molecule has 0 heterocycles. The molecule has 0 saturated heterocycles. The Bertz CT molecular complexity index is 2170. The monoisotopic (exact) mass is 1660 g/mol. The van der Waals surface area contributed by atoms with Crippen molar-refractivity contribution < 1.29 is 80.2 Å². The summed E-state index contributed by atoms with van der Waals surface area (Å²) in [5.74, 6) is -0.347. The Morgan fingerprint density at radius 1 is 0.246 bits per heavy atom. The maximum atomic E-state index is 13.2. The van der Waals surface area contributed by atoms with Crippen LogP contribution in [0.1, 0.15) is 517 Å². The highest BCUT2D eigenvalue weighted by Crippen LogP contribution is 2.45. The highest BCUT2D eigenvalue weighted by Gasteiger charge is 2.31. The molecule has 0 aromatic heterocycles.